The number of phenolic OH excluding ortho intramolecular Hbond substituents is 1. The van der Waals surface area contributed by atoms with Crippen LogP contribution in [0.1, 0.15) is 26.3 Å². The number of nitrogens with one attached hydrogen (secondary N) is 1. The van der Waals surface area contributed by atoms with Crippen LogP contribution in [0.25, 0.3) is 6.08 Å². The minimum Gasteiger partial charge on any atom is -0.508 e. The van der Waals surface area contributed by atoms with Crippen molar-refractivity contribution in [1.82, 2.24) is 0 Å². The van der Waals surface area contributed by atoms with Crippen LogP contribution in [0.2, 0.25) is 0 Å². The zero-order chi connectivity index (χ0) is 20.7. The summed E-state index contributed by atoms with van der Waals surface area (Å²) in [4.78, 5) is 12.4. The van der Waals surface area contributed by atoms with Gasteiger partial charge >= 0.3 is 0 Å². The van der Waals surface area contributed by atoms with Gasteiger partial charge < -0.3 is 19.9 Å². The Morgan fingerprint density at radius 2 is 2.00 bits per heavy atom. The number of phenols is 1. The molecular weight excluding hydrogens is 471 g/mol. The Morgan fingerprint density at radius 1 is 1.32 bits per heavy atom. The van der Waals surface area contributed by atoms with Crippen LogP contribution < -0.4 is 14.8 Å². The maximum absolute atomic E-state index is 12.4. The summed E-state index contributed by atoms with van der Waals surface area (Å²) in [5.74, 6) is 0.756. The molecule has 0 aliphatic carbocycles. The van der Waals surface area contributed by atoms with E-state index >= 15 is 0 Å². The topological polar surface area (TPSA) is 91.6 Å². The fourth-order valence-corrected chi connectivity index (χ4v) is 3.10. The van der Waals surface area contributed by atoms with E-state index in [9.17, 15) is 15.2 Å². The third kappa shape index (κ3) is 5.89. The zero-order valence-electron chi connectivity index (χ0n) is 15.8. The minimum absolute atomic E-state index is 0.0140. The Bertz CT molecular complexity index is 915. The smallest absolute Gasteiger partial charge is 0.266 e. The SMILES string of the molecule is CCOc1cc(/C=C(\C#N)C(=O)Nc2ccc(O)cc2)cc(I)c1OC(C)C. The van der Waals surface area contributed by atoms with Crippen LogP contribution >= 0.6 is 22.6 Å². The molecule has 2 aromatic rings. The van der Waals surface area contributed by atoms with E-state index in [2.05, 4.69) is 27.9 Å². The van der Waals surface area contributed by atoms with Gasteiger partial charge in [0.1, 0.15) is 17.4 Å². The van der Waals surface area contributed by atoms with Crippen molar-refractivity contribution in [1.29, 1.82) is 5.26 Å². The molecule has 7 heteroatoms. The lowest BCUT2D eigenvalue weighted by Gasteiger charge is -2.17. The number of benzene rings is 2. The number of ether oxygens (including phenoxy) is 2. The van der Waals surface area contributed by atoms with Crippen LogP contribution in [-0.4, -0.2) is 23.7 Å². The highest BCUT2D eigenvalue weighted by molar-refractivity contribution is 14.1. The van der Waals surface area contributed by atoms with Crippen LogP contribution in [0.5, 0.6) is 17.2 Å². The molecule has 0 bridgehead atoms. The maximum atomic E-state index is 12.4. The highest BCUT2D eigenvalue weighted by Gasteiger charge is 2.15. The number of amides is 1. The van der Waals surface area contributed by atoms with E-state index in [0.29, 0.717) is 29.4 Å². The molecule has 2 aromatic carbocycles. The summed E-state index contributed by atoms with van der Waals surface area (Å²) in [7, 11) is 0. The average Bonchev–Trinajstić information content (AvgIpc) is 2.64. The Hall–Kier alpha value is -2.73. The third-order valence-electron chi connectivity index (χ3n) is 3.49. The second kappa shape index (κ2) is 9.99. The monoisotopic (exact) mass is 492 g/mol. The van der Waals surface area contributed by atoms with Gasteiger partial charge in [0, 0.05) is 5.69 Å². The number of carbonyl (C=O) groups is 1. The van der Waals surface area contributed by atoms with Crippen molar-refractivity contribution in [2.24, 2.45) is 0 Å². The summed E-state index contributed by atoms with van der Waals surface area (Å²) in [6, 6.07) is 11.5. The predicted octanol–water partition coefficient (Wildman–Crippen LogP) is 4.73. The number of hydrogen-bond donors (Lipinski definition) is 2. The molecule has 2 rings (SSSR count). The molecule has 0 saturated heterocycles. The minimum atomic E-state index is -0.538. The molecule has 0 aromatic heterocycles. The van der Waals surface area contributed by atoms with E-state index in [1.807, 2.05) is 32.9 Å². The summed E-state index contributed by atoms with van der Waals surface area (Å²) in [6.07, 6.45) is 1.49. The molecule has 0 atom stereocenters. The molecule has 0 fully saturated rings. The molecule has 28 heavy (non-hydrogen) atoms. The number of anilines is 1. The predicted molar refractivity (Wildman–Crippen MR) is 116 cm³/mol. The second-order valence-corrected chi connectivity index (χ2v) is 7.26. The van der Waals surface area contributed by atoms with Crippen LogP contribution in [0, 0.1) is 14.9 Å². The highest BCUT2D eigenvalue weighted by Crippen LogP contribution is 2.35. The zero-order valence-corrected chi connectivity index (χ0v) is 18.0. The van der Waals surface area contributed by atoms with Gasteiger partial charge in [0.15, 0.2) is 11.5 Å². The normalized spacial score (nSPS) is 11.1. The molecule has 0 aliphatic rings. The van der Waals surface area contributed by atoms with E-state index in [1.54, 1.807) is 18.2 Å². The van der Waals surface area contributed by atoms with Gasteiger partial charge in [-0.05, 0) is 91.4 Å². The number of hydrogen-bond acceptors (Lipinski definition) is 5. The second-order valence-electron chi connectivity index (χ2n) is 6.10. The Morgan fingerprint density at radius 3 is 2.57 bits per heavy atom. The summed E-state index contributed by atoms with van der Waals surface area (Å²) in [6.45, 7) is 6.20. The van der Waals surface area contributed by atoms with E-state index in [4.69, 9.17) is 9.47 Å². The largest absolute Gasteiger partial charge is 0.508 e. The fourth-order valence-electron chi connectivity index (χ4n) is 2.34. The number of halogens is 1. The number of aromatic hydroxyl groups is 1. The van der Waals surface area contributed by atoms with Crippen molar-refractivity contribution in [3.63, 3.8) is 0 Å². The Balaban J connectivity index is 2.33. The van der Waals surface area contributed by atoms with Gasteiger partial charge in [-0.3, -0.25) is 4.79 Å². The lowest BCUT2D eigenvalue weighted by molar-refractivity contribution is -0.112. The number of nitriles is 1. The van der Waals surface area contributed by atoms with Gasteiger partial charge in [0.25, 0.3) is 5.91 Å². The lowest BCUT2D eigenvalue weighted by Crippen LogP contribution is -2.13. The Labute approximate surface area is 177 Å². The summed E-state index contributed by atoms with van der Waals surface area (Å²) in [5, 5.41) is 21.4. The number of nitrogens with zero attached hydrogens (tertiary/aromatic N) is 1. The molecule has 0 aliphatic heterocycles. The summed E-state index contributed by atoms with van der Waals surface area (Å²) in [5.41, 5.74) is 1.08. The van der Waals surface area contributed by atoms with Crippen molar-refractivity contribution in [2.45, 2.75) is 26.9 Å². The average molecular weight is 492 g/mol. The highest BCUT2D eigenvalue weighted by atomic mass is 127. The van der Waals surface area contributed by atoms with Gasteiger partial charge in [-0.1, -0.05) is 0 Å². The van der Waals surface area contributed by atoms with Crippen molar-refractivity contribution < 1.29 is 19.4 Å². The first kappa shape index (κ1) is 21.6. The first-order valence-electron chi connectivity index (χ1n) is 8.69. The van der Waals surface area contributed by atoms with Crippen molar-refractivity contribution in [3.05, 3.63) is 51.1 Å². The van der Waals surface area contributed by atoms with E-state index < -0.39 is 5.91 Å². The van der Waals surface area contributed by atoms with Gasteiger partial charge in [-0.25, -0.2) is 0 Å². The van der Waals surface area contributed by atoms with E-state index in [-0.39, 0.29) is 17.4 Å². The first-order chi connectivity index (χ1) is 13.3. The van der Waals surface area contributed by atoms with E-state index in [1.165, 1.54) is 18.2 Å². The number of carbonyl (C=O) groups excluding carboxylic acids is 1. The molecule has 0 unspecified atom stereocenters. The molecule has 0 saturated carbocycles. The van der Waals surface area contributed by atoms with Crippen LogP contribution in [0.3, 0.4) is 0 Å². The fraction of sp³-hybridized carbons (Fsp3) is 0.238. The van der Waals surface area contributed by atoms with Crippen LogP contribution in [0.4, 0.5) is 5.69 Å². The van der Waals surface area contributed by atoms with Gasteiger partial charge in [0.05, 0.1) is 16.3 Å². The summed E-state index contributed by atoms with van der Waals surface area (Å²) >= 11 is 2.14. The van der Waals surface area contributed by atoms with Gasteiger partial charge in [0.2, 0.25) is 0 Å². The van der Waals surface area contributed by atoms with Crippen LogP contribution in [0.15, 0.2) is 42.0 Å². The van der Waals surface area contributed by atoms with Crippen LogP contribution in [-0.2, 0) is 4.79 Å². The molecule has 1 amide bonds. The molecule has 2 N–H and O–H groups in total. The number of rotatable bonds is 7. The molecule has 146 valence electrons. The maximum Gasteiger partial charge on any atom is 0.266 e. The Kier molecular flexibility index (Phi) is 7.70. The first-order valence-corrected chi connectivity index (χ1v) is 9.77. The lowest BCUT2D eigenvalue weighted by atomic mass is 10.1. The molecule has 6 nitrogen and oxygen atoms in total. The van der Waals surface area contributed by atoms with Crippen molar-refractivity contribution in [2.75, 3.05) is 11.9 Å². The quantitative estimate of drug-likeness (QED) is 0.253. The van der Waals surface area contributed by atoms with Crippen molar-refractivity contribution >= 4 is 40.3 Å². The molecule has 0 radical (unpaired) electrons. The van der Waals surface area contributed by atoms with E-state index in [0.717, 1.165) is 3.57 Å². The van der Waals surface area contributed by atoms with Crippen molar-refractivity contribution in [3.8, 4) is 23.3 Å². The summed E-state index contributed by atoms with van der Waals surface area (Å²) < 4.78 is 12.3. The molecule has 0 heterocycles. The van der Waals surface area contributed by atoms with Gasteiger partial charge in [-0.2, -0.15) is 5.26 Å². The van der Waals surface area contributed by atoms with Gasteiger partial charge in [-0.15, -0.1) is 0 Å². The third-order valence-corrected chi connectivity index (χ3v) is 4.29. The standard InChI is InChI=1S/C21H21IN2O4/c1-4-27-19-11-14(10-18(22)20(19)28-13(2)3)9-15(12-23)21(26)24-16-5-7-17(25)8-6-16/h5-11,13,25H,4H2,1-3H3,(H,24,26)/b15-9+. The molecular formula is C21H21IN2O4. The molecule has 0 spiro atoms.